The molecule has 20 heavy (non-hydrogen) atoms. The van der Waals surface area contributed by atoms with Crippen LogP contribution in [0.15, 0.2) is 30.4 Å². The van der Waals surface area contributed by atoms with Gasteiger partial charge in [0.1, 0.15) is 5.02 Å². The summed E-state index contributed by atoms with van der Waals surface area (Å²) in [6.07, 6.45) is -0.0658. The minimum atomic E-state index is -0.930. The van der Waals surface area contributed by atoms with E-state index in [2.05, 4.69) is 6.58 Å². The lowest BCUT2D eigenvalue weighted by molar-refractivity contribution is -0.384. The van der Waals surface area contributed by atoms with Crippen molar-refractivity contribution in [3.05, 3.63) is 45.5 Å². The second kappa shape index (κ2) is 6.91. The predicted molar refractivity (Wildman–Crippen MR) is 77.4 cm³/mol. The largest absolute Gasteiger partial charge is 0.481 e. The maximum Gasteiger partial charge on any atom is 0.305 e. The first kappa shape index (κ1) is 16.0. The summed E-state index contributed by atoms with van der Waals surface area (Å²) in [5, 5.41) is 19.7. The number of hydrogen-bond acceptors (Lipinski definition) is 4. The Kier molecular flexibility index (Phi) is 5.52. The highest BCUT2D eigenvalue weighted by Crippen LogP contribution is 2.29. The van der Waals surface area contributed by atoms with E-state index < -0.39 is 10.9 Å². The molecule has 1 aromatic carbocycles. The van der Waals surface area contributed by atoms with E-state index in [9.17, 15) is 14.9 Å². The van der Waals surface area contributed by atoms with Gasteiger partial charge in [-0.3, -0.25) is 14.9 Å². The molecule has 0 amide bonds. The molecule has 0 bridgehead atoms. The number of hydrogen-bond donors (Lipinski definition) is 1. The molecule has 0 aromatic heterocycles. The molecule has 0 unspecified atom stereocenters. The quantitative estimate of drug-likeness (QED) is 0.475. The van der Waals surface area contributed by atoms with Crippen LogP contribution in [0.2, 0.25) is 5.02 Å². The minimum absolute atomic E-state index is 0.0484. The first-order valence-corrected chi connectivity index (χ1v) is 6.24. The lowest BCUT2D eigenvalue weighted by atomic mass is 10.2. The first-order chi connectivity index (χ1) is 9.31. The molecular formula is C13H15ClN2O4. The van der Waals surface area contributed by atoms with Gasteiger partial charge in [0.05, 0.1) is 11.3 Å². The maximum atomic E-state index is 10.9. The van der Waals surface area contributed by atoms with Crippen LogP contribution in [0.25, 0.3) is 0 Å². The number of anilines is 1. The first-order valence-electron chi connectivity index (χ1n) is 5.86. The van der Waals surface area contributed by atoms with Crippen LogP contribution in [0.5, 0.6) is 0 Å². The molecule has 0 atom stereocenters. The number of benzene rings is 1. The van der Waals surface area contributed by atoms with Crippen molar-refractivity contribution in [2.75, 3.05) is 18.0 Å². The molecule has 1 rings (SSSR count). The van der Waals surface area contributed by atoms with Crippen LogP contribution in [0.3, 0.4) is 0 Å². The summed E-state index contributed by atoms with van der Waals surface area (Å²) in [6.45, 7) is 6.24. The summed E-state index contributed by atoms with van der Waals surface area (Å²) in [5.74, 6) is -0.930. The van der Waals surface area contributed by atoms with Gasteiger partial charge in [-0.15, -0.1) is 0 Å². The summed E-state index contributed by atoms with van der Waals surface area (Å²) in [6, 6.07) is 4.40. The Morgan fingerprint density at radius 3 is 2.70 bits per heavy atom. The van der Waals surface area contributed by atoms with Crippen molar-refractivity contribution < 1.29 is 14.8 Å². The second-order valence-electron chi connectivity index (χ2n) is 4.42. The Bertz CT molecular complexity index is 545. The van der Waals surface area contributed by atoms with Gasteiger partial charge in [-0.1, -0.05) is 23.8 Å². The van der Waals surface area contributed by atoms with Crippen molar-refractivity contribution in [1.82, 2.24) is 0 Å². The summed E-state index contributed by atoms with van der Waals surface area (Å²) in [7, 11) is 0. The van der Waals surface area contributed by atoms with E-state index in [-0.39, 0.29) is 23.7 Å². The van der Waals surface area contributed by atoms with Gasteiger partial charge in [-0.05, 0) is 19.1 Å². The molecule has 0 aliphatic heterocycles. The molecule has 0 aliphatic carbocycles. The number of nitrogens with zero attached hydrogens (tertiary/aromatic N) is 2. The van der Waals surface area contributed by atoms with E-state index >= 15 is 0 Å². The summed E-state index contributed by atoms with van der Waals surface area (Å²) in [4.78, 5) is 22.7. The number of carboxylic acids is 1. The van der Waals surface area contributed by atoms with Gasteiger partial charge in [0, 0.05) is 24.8 Å². The van der Waals surface area contributed by atoms with Crippen LogP contribution in [-0.4, -0.2) is 29.1 Å². The number of carbonyl (C=O) groups is 1. The Labute approximate surface area is 121 Å². The summed E-state index contributed by atoms with van der Waals surface area (Å²) in [5.41, 5.74) is 1.17. The normalized spacial score (nSPS) is 10.1. The third kappa shape index (κ3) is 4.55. The lowest BCUT2D eigenvalue weighted by Gasteiger charge is -2.24. The molecule has 1 N–H and O–H groups in total. The van der Waals surface area contributed by atoms with E-state index in [0.29, 0.717) is 12.2 Å². The molecule has 1 aromatic rings. The SMILES string of the molecule is C=C(C)CN(CCC(=O)O)c1ccc(Cl)c([N+](=O)[O-])c1. The summed E-state index contributed by atoms with van der Waals surface area (Å²) < 4.78 is 0. The van der Waals surface area contributed by atoms with Gasteiger partial charge in [-0.25, -0.2) is 0 Å². The van der Waals surface area contributed by atoms with Crippen LogP contribution in [-0.2, 0) is 4.79 Å². The Morgan fingerprint density at radius 2 is 2.20 bits per heavy atom. The third-order valence-corrected chi connectivity index (χ3v) is 2.87. The Balaban J connectivity index is 3.06. The molecular weight excluding hydrogens is 284 g/mol. The molecule has 0 saturated heterocycles. The summed E-state index contributed by atoms with van der Waals surface area (Å²) >= 11 is 5.76. The molecule has 0 aliphatic rings. The van der Waals surface area contributed by atoms with Gasteiger partial charge >= 0.3 is 5.97 Å². The van der Waals surface area contributed by atoms with E-state index in [1.807, 2.05) is 0 Å². The molecule has 0 radical (unpaired) electrons. The fraction of sp³-hybridized carbons (Fsp3) is 0.308. The van der Waals surface area contributed by atoms with Crippen LogP contribution < -0.4 is 4.90 Å². The smallest absolute Gasteiger partial charge is 0.305 e. The van der Waals surface area contributed by atoms with Crippen LogP contribution in [0.1, 0.15) is 13.3 Å². The van der Waals surface area contributed by atoms with Crippen molar-refractivity contribution >= 4 is 28.9 Å². The van der Waals surface area contributed by atoms with Crippen LogP contribution in [0.4, 0.5) is 11.4 Å². The number of carboxylic acid groups (broad SMARTS) is 1. The topological polar surface area (TPSA) is 83.7 Å². The third-order valence-electron chi connectivity index (χ3n) is 2.55. The fourth-order valence-corrected chi connectivity index (χ4v) is 1.88. The maximum absolute atomic E-state index is 10.9. The zero-order valence-corrected chi connectivity index (χ0v) is 11.8. The molecule has 6 nitrogen and oxygen atoms in total. The average molecular weight is 299 g/mol. The number of nitro benzene ring substituents is 1. The van der Waals surface area contributed by atoms with Crippen molar-refractivity contribution in [3.63, 3.8) is 0 Å². The Hall–Kier alpha value is -2.08. The van der Waals surface area contributed by atoms with Crippen molar-refractivity contribution in [2.45, 2.75) is 13.3 Å². The van der Waals surface area contributed by atoms with E-state index in [4.69, 9.17) is 16.7 Å². The molecule has 7 heteroatoms. The Morgan fingerprint density at radius 1 is 1.55 bits per heavy atom. The van der Waals surface area contributed by atoms with Gasteiger partial charge < -0.3 is 10.0 Å². The number of rotatable bonds is 7. The monoisotopic (exact) mass is 298 g/mol. The van der Waals surface area contributed by atoms with Crippen LogP contribution >= 0.6 is 11.6 Å². The molecule has 0 spiro atoms. The van der Waals surface area contributed by atoms with Crippen molar-refractivity contribution in [3.8, 4) is 0 Å². The van der Waals surface area contributed by atoms with Crippen molar-refractivity contribution in [1.29, 1.82) is 0 Å². The van der Waals surface area contributed by atoms with E-state index in [1.54, 1.807) is 17.9 Å². The predicted octanol–water partition coefficient (Wildman–Crippen LogP) is 3.11. The number of halogens is 1. The van der Waals surface area contributed by atoms with Gasteiger partial charge in [0.15, 0.2) is 0 Å². The number of nitro groups is 1. The highest BCUT2D eigenvalue weighted by atomic mass is 35.5. The highest BCUT2D eigenvalue weighted by molar-refractivity contribution is 6.32. The molecule has 108 valence electrons. The lowest BCUT2D eigenvalue weighted by Crippen LogP contribution is -2.27. The highest BCUT2D eigenvalue weighted by Gasteiger charge is 2.16. The number of aliphatic carboxylic acids is 1. The molecule has 0 saturated carbocycles. The van der Waals surface area contributed by atoms with Gasteiger partial charge in [-0.2, -0.15) is 0 Å². The zero-order chi connectivity index (χ0) is 15.3. The average Bonchev–Trinajstić information content (AvgIpc) is 2.34. The second-order valence-corrected chi connectivity index (χ2v) is 4.82. The molecule has 0 fully saturated rings. The van der Waals surface area contributed by atoms with Crippen molar-refractivity contribution in [2.24, 2.45) is 0 Å². The standard InChI is InChI=1S/C13H15ClN2O4/c1-9(2)8-15(6-5-13(17)18)10-3-4-11(14)12(7-10)16(19)20/h3-4,7H,1,5-6,8H2,2H3,(H,17,18). The minimum Gasteiger partial charge on any atom is -0.481 e. The van der Waals surface area contributed by atoms with Gasteiger partial charge in [0.2, 0.25) is 0 Å². The van der Waals surface area contributed by atoms with E-state index in [1.165, 1.54) is 12.1 Å². The molecule has 0 heterocycles. The van der Waals surface area contributed by atoms with Crippen LogP contribution in [0, 0.1) is 10.1 Å². The van der Waals surface area contributed by atoms with E-state index in [0.717, 1.165) is 5.57 Å². The zero-order valence-electron chi connectivity index (χ0n) is 11.0. The fourth-order valence-electron chi connectivity index (χ4n) is 1.69. The van der Waals surface area contributed by atoms with Gasteiger partial charge in [0.25, 0.3) is 5.69 Å².